The summed E-state index contributed by atoms with van der Waals surface area (Å²) >= 11 is 0. The van der Waals surface area contributed by atoms with Crippen LogP contribution in [0.25, 0.3) is 0 Å². The van der Waals surface area contributed by atoms with Crippen molar-refractivity contribution < 1.29 is 73.3 Å². The van der Waals surface area contributed by atoms with E-state index in [-0.39, 0.29) is 25.7 Å². The van der Waals surface area contributed by atoms with Crippen LogP contribution in [0.3, 0.4) is 0 Å². The molecule has 0 amide bonds. The van der Waals surface area contributed by atoms with E-state index in [1.807, 2.05) is 6.08 Å². The molecule has 16 heteroatoms. The molecule has 0 bridgehead atoms. The molecular weight excluding hydrogens is 835 g/mol. The van der Waals surface area contributed by atoms with E-state index < -0.39 is 87.9 Å². The minimum absolute atomic E-state index is 0.0897. The minimum atomic E-state index is -5.20. The van der Waals surface area contributed by atoms with Crippen LogP contribution in [-0.4, -0.2) is 121 Å². The number of esters is 2. The van der Waals surface area contributed by atoms with Crippen molar-refractivity contribution in [3.8, 4) is 0 Å². The van der Waals surface area contributed by atoms with Gasteiger partial charge >= 0.3 is 19.8 Å². The van der Waals surface area contributed by atoms with Gasteiger partial charge in [0.15, 0.2) is 6.10 Å². The SMILES string of the molecule is CC/C=C\C/C=C\C/C=C\CCCCCCCC(=O)OC[C@H](COP(=O)(O)OC1[C@H](O)[C@H](O)C(O)[C@H](O)[C@H]1O)OC(=O)CCC[C@@H](O)\C=C/C=C/C=C/[C@@H](O)C/C=C\CCCCC. The Morgan fingerprint density at radius 2 is 1.14 bits per heavy atom. The fourth-order valence-electron chi connectivity index (χ4n) is 6.20. The van der Waals surface area contributed by atoms with E-state index in [1.165, 1.54) is 12.5 Å². The molecule has 1 fully saturated rings. The predicted octanol–water partition coefficient (Wildman–Crippen LogP) is 6.44. The molecule has 10 atom stereocenters. The molecule has 0 aliphatic heterocycles. The van der Waals surface area contributed by atoms with Crippen molar-refractivity contribution in [1.29, 1.82) is 0 Å². The summed E-state index contributed by atoms with van der Waals surface area (Å²) in [5.74, 6) is -1.37. The quantitative estimate of drug-likeness (QED) is 0.0112. The van der Waals surface area contributed by atoms with E-state index in [1.54, 1.807) is 30.4 Å². The van der Waals surface area contributed by atoms with Crippen LogP contribution in [0.5, 0.6) is 0 Å². The molecule has 0 radical (unpaired) electrons. The van der Waals surface area contributed by atoms with Gasteiger partial charge in [0.1, 0.15) is 43.2 Å². The summed E-state index contributed by atoms with van der Waals surface area (Å²) < 4.78 is 33.3. The number of phosphoric ester groups is 1. The number of allylic oxidation sites excluding steroid dienone is 11. The topological polar surface area (TPSA) is 250 Å². The molecule has 0 heterocycles. The zero-order chi connectivity index (χ0) is 46.7. The fraction of sp³-hybridized carbons (Fsp3) is 0.660. The van der Waals surface area contributed by atoms with Gasteiger partial charge in [-0.25, -0.2) is 4.57 Å². The number of unbranched alkanes of at least 4 members (excludes halogenated alkanes) is 8. The summed E-state index contributed by atoms with van der Waals surface area (Å²) in [6.07, 6.45) is 25.3. The van der Waals surface area contributed by atoms with Crippen molar-refractivity contribution in [1.82, 2.24) is 0 Å². The van der Waals surface area contributed by atoms with Crippen LogP contribution in [0.1, 0.15) is 129 Å². The summed E-state index contributed by atoms with van der Waals surface area (Å²) in [7, 11) is -5.20. The third-order valence-electron chi connectivity index (χ3n) is 9.91. The van der Waals surface area contributed by atoms with Gasteiger partial charge in [0, 0.05) is 12.8 Å². The molecule has 0 aromatic carbocycles. The Hall–Kier alpha value is -3.05. The van der Waals surface area contributed by atoms with E-state index >= 15 is 0 Å². The van der Waals surface area contributed by atoms with E-state index in [4.69, 9.17) is 18.5 Å². The van der Waals surface area contributed by atoms with E-state index in [0.717, 1.165) is 70.6 Å². The summed E-state index contributed by atoms with van der Waals surface area (Å²) in [5, 5.41) is 70.5. The third kappa shape index (κ3) is 29.2. The standard InChI is InChI=1S/C47H77O15P/c1-3-5-7-9-11-12-13-14-15-16-17-18-19-21-27-33-40(50)59-35-39(36-60-63(57,58)62-47-45(55)43(53)42(52)44(54)46(47)56)61-41(51)34-28-32-38(49)31-26-23-22-25-30-37(48)29-24-20-10-8-6-4-2/h5,7,11-12,14-15,20,22-26,30-31,37-39,42-49,52-56H,3-4,6,8-10,13,16-19,21,27-29,32-36H2,1-2H3,(H,57,58)/b7-5-,12-11-,15-14-,23-22+,24-20-,30-25+,31-26-/t37-,38-,39+,42?,43-,44+,45+,46+,47?/m0/s1. The first-order chi connectivity index (χ1) is 30.2. The highest BCUT2D eigenvalue weighted by Crippen LogP contribution is 2.47. The maximum absolute atomic E-state index is 12.8. The van der Waals surface area contributed by atoms with Crippen LogP contribution >= 0.6 is 7.82 Å². The van der Waals surface area contributed by atoms with Crippen LogP contribution in [-0.2, 0) is 32.7 Å². The molecule has 0 saturated heterocycles. The average Bonchev–Trinajstić information content (AvgIpc) is 3.25. The second-order valence-electron chi connectivity index (χ2n) is 15.6. The predicted molar refractivity (Wildman–Crippen MR) is 242 cm³/mol. The number of phosphoric acid groups is 1. The molecule has 0 spiro atoms. The lowest BCUT2D eigenvalue weighted by atomic mass is 9.85. The Balaban J connectivity index is 2.62. The highest BCUT2D eigenvalue weighted by atomic mass is 31.2. The van der Waals surface area contributed by atoms with Gasteiger partial charge in [0.25, 0.3) is 0 Å². The Labute approximate surface area is 374 Å². The number of ether oxygens (including phenoxy) is 2. The number of carbonyl (C=O) groups excluding carboxylic acids is 2. The smallest absolute Gasteiger partial charge is 0.462 e. The van der Waals surface area contributed by atoms with Gasteiger partial charge < -0.3 is 50.1 Å². The number of hydrogen-bond donors (Lipinski definition) is 8. The first-order valence-electron chi connectivity index (χ1n) is 22.6. The van der Waals surface area contributed by atoms with E-state index in [2.05, 4.69) is 56.4 Å². The molecule has 360 valence electrons. The molecule has 8 N–H and O–H groups in total. The van der Waals surface area contributed by atoms with E-state index in [9.17, 15) is 54.8 Å². The van der Waals surface area contributed by atoms with Crippen LogP contribution in [0.15, 0.2) is 85.1 Å². The summed E-state index contributed by atoms with van der Waals surface area (Å²) in [4.78, 5) is 35.7. The maximum atomic E-state index is 12.8. The molecule has 1 aliphatic carbocycles. The summed E-state index contributed by atoms with van der Waals surface area (Å²) in [5.41, 5.74) is 0. The number of aliphatic hydroxyl groups excluding tert-OH is 7. The van der Waals surface area contributed by atoms with E-state index in [0.29, 0.717) is 12.8 Å². The van der Waals surface area contributed by atoms with Crippen molar-refractivity contribution in [2.45, 2.75) is 184 Å². The highest BCUT2D eigenvalue weighted by molar-refractivity contribution is 7.47. The Morgan fingerprint density at radius 1 is 0.603 bits per heavy atom. The first-order valence-corrected chi connectivity index (χ1v) is 24.1. The molecule has 1 saturated carbocycles. The molecule has 0 aromatic rings. The summed E-state index contributed by atoms with van der Waals surface area (Å²) in [6, 6.07) is 0. The van der Waals surface area contributed by atoms with Gasteiger partial charge in [-0.15, -0.1) is 0 Å². The number of rotatable bonds is 35. The Morgan fingerprint density at radius 3 is 1.79 bits per heavy atom. The lowest BCUT2D eigenvalue weighted by Gasteiger charge is -2.41. The van der Waals surface area contributed by atoms with Crippen LogP contribution < -0.4 is 0 Å². The third-order valence-corrected chi connectivity index (χ3v) is 10.9. The fourth-order valence-corrected chi connectivity index (χ4v) is 7.17. The average molecular weight is 913 g/mol. The van der Waals surface area contributed by atoms with Crippen LogP contribution in [0, 0.1) is 0 Å². The maximum Gasteiger partial charge on any atom is 0.472 e. The molecule has 0 aromatic heterocycles. The van der Waals surface area contributed by atoms with Crippen LogP contribution in [0.4, 0.5) is 0 Å². The van der Waals surface area contributed by atoms with Gasteiger partial charge in [-0.2, -0.15) is 0 Å². The lowest BCUT2D eigenvalue weighted by molar-refractivity contribution is -0.220. The second kappa shape index (κ2) is 36.2. The van der Waals surface area contributed by atoms with Gasteiger partial charge in [-0.05, 0) is 70.6 Å². The van der Waals surface area contributed by atoms with Gasteiger partial charge in [0.2, 0.25) is 0 Å². The largest absolute Gasteiger partial charge is 0.472 e. The number of carbonyl (C=O) groups is 2. The van der Waals surface area contributed by atoms with Gasteiger partial charge in [-0.3, -0.25) is 18.6 Å². The minimum Gasteiger partial charge on any atom is -0.462 e. The molecule has 1 aliphatic rings. The van der Waals surface area contributed by atoms with Crippen molar-refractivity contribution in [2.24, 2.45) is 0 Å². The molecule has 15 nitrogen and oxygen atoms in total. The lowest BCUT2D eigenvalue weighted by Crippen LogP contribution is -2.64. The normalized spacial score (nSPS) is 23.5. The van der Waals surface area contributed by atoms with Crippen molar-refractivity contribution in [3.63, 3.8) is 0 Å². The molecule has 1 rings (SSSR count). The monoisotopic (exact) mass is 913 g/mol. The van der Waals surface area contributed by atoms with Crippen molar-refractivity contribution in [3.05, 3.63) is 85.1 Å². The van der Waals surface area contributed by atoms with Gasteiger partial charge in [-0.1, -0.05) is 131 Å². The zero-order valence-electron chi connectivity index (χ0n) is 37.3. The molecular formula is C47H77O15P. The second-order valence-corrected chi connectivity index (χ2v) is 17.0. The number of hydrogen-bond acceptors (Lipinski definition) is 14. The van der Waals surface area contributed by atoms with Crippen molar-refractivity contribution in [2.75, 3.05) is 13.2 Å². The Bertz CT molecular complexity index is 1460. The number of aliphatic hydroxyl groups is 7. The first kappa shape index (κ1) is 58.0. The summed E-state index contributed by atoms with van der Waals surface area (Å²) in [6.45, 7) is 2.88. The van der Waals surface area contributed by atoms with Crippen LogP contribution in [0.2, 0.25) is 0 Å². The van der Waals surface area contributed by atoms with Crippen molar-refractivity contribution >= 4 is 19.8 Å². The zero-order valence-corrected chi connectivity index (χ0v) is 38.2. The molecule has 63 heavy (non-hydrogen) atoms. The molecule has 3 unspecified atom stereocenters. The highest BCUT2D eigenvalue weighted by Gasteiger charge is 2.51. The Kier molecular flexibility index (Phi) is 33.3. The van der Waals surface area contributed by atoms with Gasteiger partial charge in [0.05, 0.1) is 18.8 Å².